The lowest BCUT2D eigenvalue weighted by atomic mass is 10.1. The Kier molecular flexibility index (Phi) is 5.94. The molecule has 0 aliphatic carbocycles. The van der Waals surface area contributed by atoms with Crippen LogP contribution in [0.25, 0.3) is 0 Å². The van der Waals surface area contributed by atoms with Crippen LogP contribution in [0, 0.1) is 19.7 Å². The Labute approximate surface area is 144 Å². The van der Waals surface area contributed by atoms with E-state index in [0.29, 0.717) is 11.5 Å². The number of hydrogen-bond donors (Lipinski definition) is 2. The molecule has 6 nitrogen and oxygen atoms in total. The highest BCUT2D eigenvalue weighted by atomic mass is 19.1. The molecule has 0 unspecified atom stereocenters. The molecule has 0 spiro atoms. The van der Waals surface area contributed by atoms with Gasteiger partial charge in [-0.1, -0.05) is 18.2 Å². The van der Waals surface area contributed by atoms with E-state index >= 15 is 0 Å². The third kappa shape index (κ3) is 4.69. The predicted octanol–water partition coefficient (Wildman–Crippen LogP) is 2.29. The Morgan fingerprint density at radius 1 is 1.08 bits per heavy atom. The summed E-state index contributed by atoms with van der Waals surface area (Å²) >= 11 is 0. The van der Waals surface area contributed by atoms with E-state index in [1.165, 1.54) is 19.2 Å². The van der Waals surface area contributed by atoms with Gasteiger partial charge in [-0.3, -0.25) is 20.4 Å². The molecule has 2 N–H and O–H groups in total. The molecule has 0 radical (unpaired) electrons. The Bertz CT molecular complexity index is 772. The number of hydrogen-bond acceptors (Lipinski definition) is 4. The first kappa shape index (κ1) is 18.3. The Hall–Kier alpha value is -3.09. The first-order chi connectivity index (χ1) is 11.9. The highest BCUT2D eigenvalue weighted by Gasteiger charge is 2.14. The number of para-hydroxylation sites is 1. The minimum atomic E-state index is -0.777. The minimum Gasteiger partial charge on any atom is -0.497 e. The second-order valence-electron chi connectivity index (χ2n) is 5.36. The number of rotatable bonds is 5. The van der Waals surface area contributed by atoms with E-state index in [0.717, 1.165) is 17.2 Å². The summed E-state index contributed by atoms with van der Waals surface area (Å²) in [5.74, 6) is -1.19. The van der Waals surface area contributed by atoms with Crippen molar-refractivity contribution in [2.24, 2.45) is 0 Å². The van der Waals surface area contributed by atoms with Crippen molar-refractivity contribution in [3.05, 3.63) is 58.9 Å². The van der Waals surface area contributed by atoms with Gasteiger partial charge in [-0.2, -0.15) is 0 Å². The molecule has 2 amide bonds. The number of carbonyl (C=O) groups is 2. The van der Waals surface area contributed by atoms with Crippen LogP contribution in [0.1, 0.15) is 21.5 Å². The van der Waals surface area contributed by atoms with Gasteiger partial charge in [0.15, 0.2) is 6.61 Å². The summed E-state index contributed by atoms with van der Waals surface area (Å²) < 4.78 is 24.1. The number of halogens is 1. The van der Waals surface area contributed by atoms with Gasteiger partial charge in [-0.05, 0) is 37.1 Å². The molecule has 25 heavy (non-hydrogen) atoms. The van der Waals surface area contributed by atoms with Gasteiger partial charge >= 0.3 is 0 Å². The molecular formula is C18H19FN2O4. The van der Waals surface area contributed by atoms with Crippen molar-refractivity contribution >= 4 is 11.8 Å². The highest BCUT2D eigenvalue weighted by molar-refractivity contribution is 5.95. The molecular weight excluding hydrogens is 327 g/mol. The molecule has 0 aliphatic rings. The zero-order chi connectivity index (χ0) is 18.4. The van der Waals surface area contributed by atoms with Crippen LogP contribution in [-0.4, -0.2) is 25.5 Å². The number of aryl methyl sites for hydroxylation is 2. The van der Waals surface area contributed by atoms with Gasteiger partial charge in [-0.15, -0.1) is 0 Å². The van der Waals surface area contributed by atoms with Crippen LogP contribution in [-0.2, 0) is 4.79 Å². The monoisotopic (exact) mass is 346 g/mol. The van der Waals surface area contributed by atoms with Crippen LogP contribution in [0.3, 0.4) is 0 Å². The van der Waals surface area contributed by atoms with E-state index in [2.05, 4.69) is 10.9 Å². The minimum absolute atomic E-state index is 0.211. The summed E-state index contributed by atoms with van der Waals surface area (Å²) in [6.45, 7) is 3.46. The fraction of sp³-hybridized carbons (Fsp3) is 0.222. The fourth-order valence-corrected chi connectivity index (χ4v) is 2.20. The van der Waals surface area contributed by atoms with Crippen molar-refractivity contribution in [1.82, 2.24) is 10.9 Å². The van der Waals surface area contributed by atoms with Gasteiger partial charge in [0, 0.05) is 6.07 Å². The van der Waals surface area contributed by atoms with Crippen molar-refractivity contribution in [2.75, 3.05) is 13.7 Å². The van der Waals surface area contributed by atoms with E-state index in [9.17, 15) is 14.0 Å². The zero-order valence-electron chi connectivity index (χ0n) is 14.2. The van der Waals surface area contributed by atoms with Gasteiger partial charge in [0.05, 0.1) is 12.7 Å². The molecule has 0 saturated heterocycles. The number of carbonyl (C=O) groups excluding carboxylic acids is 2. The topological polar surface area (TPSA) is 76.7 Å². The molecule has 0 aromatic heterocycles. The quantitative estimate of drug-likeness (QED) is 0.815. The lowest BCUT2D eigenvalue weighted by Crippen LogP contribution is -2.44. The molecule has 0 heterocycles. The number of nitrogens with one attached hydrogen (secondary N) is 2. The number of amides is 2. The largest absolute Gasteiger partial charge is 0.497 e. The van der Waals surface area contributed by atoms with Crippen LogP contribution in [0.5, 0.6) is 11.5 Å². The summed E-state index contributed by atoms with van der Waals surface area (Å²) in [5.41, 5.74) is 5.92. The van der Waals surface area contributed by atoms with E-state index in [4.69, 9.17) is 9.47 Å². The van der Waals surface area contributed by atoms with Crippen LogP contribution in [0.15, 0.2) is 36.4 Å². The molecule has 2 rings (SSSR count). The lowest BCUT2D eigenvalue weighted by Gasteiger charge is -2.12. The highest BCUT2D eigenvalue weighted by Crippen LogP contribution is 2.22. The normalized spacial score (nSPS) is 10.1. The van der Waals surface area contributed by atoms with Crippen LogP contribution < -0.4 is 20.3 Å². The van der Waals surface area contributed by atoms with Gasteiger partial charge < -0.3 is 9.47 Å². The first-order valence-corrected chi connectivity index (χ1v) is 7.54. The summed E-state index contributed by atoms with van der Waals surface area (Å²) in [4.78, 5) is 23.7. The van der Waals surface area contributed by atoms with Crippen molar-refractivity contribution in [3.63, 3.8) is 0 Å². The maximum absolute atomic E-state index is 13.8. The number of benzene rings is 2. The smallest absolute Gasteiger partial charge is 0.276 e. The van der Waals surface area contributed by atoms with Crippen LogP contribution in [0.4, 0.5) is 4.39 Å². The summed E-state index contributed by atoms with van der Waals surface area (Å²) in [7, 11) is 1.39. The van der Waals surface area contributed by atoms with Gasteiger partial charge in [0.1, 0.15) is 17.3 Å². The second kappa shape index (κ2) is 8.14. The lowest BCUT2D eigenvalue weighted by molar-refractivity contribution is -0.123. The summed E-state index contributed by atoms with van der Waals surface area (Å²) in [6, 6.07) is 9.43. The molecule has 132 valence electrons. The third-order valence-electron chi connectivity index (χ3n) is 3.49. The third-order valence-corrected chi connectivity index (χ3v) is 3.49. The van der Waals surface area contributed by atoms with Crippen molar-refractivity contribution in [2.45, 2.75) is 13.8 Å². The molecule has 2 aromatic rings. The van der Waals surface area contributed by atoms with Crippen LogP contribution >= 0.6 is 0 Å². The van der Waals surface area contributed by atoms with E-state index in [-0.39, 0.29) is 12.2 Å². The van der Waals surface area contributed by atoms with Crippen molar-refractivity contribution in [3.8, 4) is 11.5 Å². The van der Waals surface area contributed by atoms with Gasteiger partial charge in [-0.25, -0.2) is 4.39 Å². The molecule has 0 fully saturated rings. The van der Waals surface area contributed by atoms with Gasteiger partial charge in [0.2, 0.25) is 0 Å². The average molecular weight is 346 g/mol. The first-order valence-electron chi connectivity index (χ1n) is 7.54. The number of ether oxygens (including phenoxy) is 2. The summed E-state index contributed by atoms with van der Waals surface area (Å²) in [6.07, 6.45) is 0. The molecule has 0 aliphatic heterocycles. The molecule has 7 heteroatoms. The van der Waals surface area contributed by atoms with E-state index in [1.807, 2.05) is 32.0 Å². The Morgan fingerprint density at radius 3 is 2.36 bits per heavy atom. The maximum Gasteiger partial charge on any atom is 0.276 e. The fourth-order valence-electron chi connectivity index (χ4n) is 2.20. The molecule has 0 saturated carbocycles. The Morgan fingerprint density at radius 2 is 1.76 bits per heavy atom. The average Bonchev–Trinajstić information content (AvgIpc) is 2.59. The van der Waals surface area contributed by atoms with Crippen molar-refractivity contribution in [1.29, 1.82) is 0 Å². The van der Waals surface area contributed by atoms with Gasteiger partial charge in [0.25, 0.3) is 11.8 Å². The van der Waals surface area contributed by atoms with Crippen molar-refractivity contribution < 1.29 is 23.5 Å². The van der Waals surface area contributed by atoms with E-state index < -0.39 is 17.6 Å². The zero-order valence-corrected chi connectivity index (χ0v) is 14.2. The predicted molar refractivity (Wildman–Crippen MR) is 90.0 cm³/mol. The number of hydrazine groups is 1. The molecule has 0 atom stereocenters. The molecule has 2 aromatic carbocycles. The summed E-state index contributed by atoms with van der Waals surface area (Å²) in [5, 5.41) is 0. The number of methoxy groups -OCH3 is 1. The van der Waals surface area contributed by atoms with Crippen LogP contribution in [0.2, 0.25) is 0 Å². The maximum atomic E-state index is 13.8. The Balaban J connectivity index is 1.88. The van der Waals surface area contributed by atoms with E-state index in [1.54, 1.807) is 0 Å². The second-order valence-corrected chi connectivity index (χ2v) is 5.36. The standard InChI is InChI=1S/C18H19FN2O4/c1-11-5-4-6-12(2)17(11)25-10-16(22)20-21-18(23)14-8-7-13(24-3)9-15(14)19/h4-9H,10H2,1-3H3,(H,20,22)(H,21,23). The molecule has 0 bridgehead atoms. The SMILES string of the molecule is COc1ccc(C(=O)NNC(=O)COc2c(C)cccc2C)c(F)c1.